The third kappa shape index (κ3) is 3.39. The first-order valence-corrected chi connectivity index (χ1v) is 12.6. The Morgan fingerprint density at radius 2 is 2.21 bits per heavy atom. The molecule has 0 amide bonds. The van der Waals surface area contributed by atoms with Gasteiger partial charge in [-0.15, -0.1) is 11.3 Å². The van der Waals surface area contributed by atoms with E-state index in [0.29, 0.717) is 32.7 Å². The van der Waals surface area contributed by atoms with E-state index in [0.717, 1.165) is 41.6 Å². The molecule has 1 aliphatic carbocycles. The number of rotatable bonds is 5. The first-order valence-electron chi connectivity index (χ1n) is 10.9. The van der Waals surface area contributed by atoms with Gasteiger partial charge in [0.2, 0.25) is 0 Å². The number of nitrogens with zero attached hydrogens (tertiary/aromatic N) is 4. The summed E-state index contributed by atoms with van der Waals surface area (Å²) in [6, 6.07) is 3.19. The number of ether oxygens (including phenoxy) is 1. The summed E-state index contributed by atoms with van der Waals surface area (Å²) in [6.45, 7) is 1.67. The van der Waals surface area contributed by atoms with E-state index in [4.69, 9.17) is 20.4 Å². The highest BCUT2D eigenvalue weighted by Gasteiger charge is 2.46. The summed E-state index contributed by atoms with van der Waals surface area (Å²) in [5, 5.41) is 6.73. The lowest BCUT2D eigenvalue weighted by Gasteiger charge is -2.36. The summed E-state index contributed by atoms with van der Waals surface area (Å²) in [7, 11) is 3.08. The number of hydrogen-bond acceptors (Lipinski definition) is 10. The van der Waals surface area contributed by atoms with Crippen LogP contribution in [0.3, 0.4) is 0 Å². The summed E-state index contributed by atoms with van der Waals surface area (Å²) >= 11 is 2.61. The van der Waals surface area contributed by atoms with Crippen LogP contribution in [0.2, 0.25) is 0 Å². The molecule has 0 spiro atoms. The highest BCUT2D eigenvalue weighted by atomic mass is 32.2. The van der Waals surface area contributed by atoms with Gasteiger partial charge < -0.3 is 25.7 Å². The Bertz CT molecular complexity index is 1440. The molecule has 0 radical (unpaired) electrons. The number of fused-ring (bicyclic) bond motifs is 4. The summed E-state index contributed by atoms with van der Waals surface area (Å²) in [5.74, 6) is 0.938. The fourth-order valence-electron chi connectivity index (χ4n) is 5.01. The van der Waals surface area contributed by atoms with Gasteiger partial charge in [-0.2, -0.15) is 0 Å². The zero-order valence-electron chi connectivity index (χ0n) is 18.5. The molecule has 1 aliphatic heterocycles. The van der Waals surface area contributed by atoms with Gasteiger partial charge in [-0.3, -0.25) is 0 Å². The average molecular weight is 500 g/mol. The van der Waals surface area contributed by atoms with Gasteiger partial charge >= 0.3 is 5.97 Å². The molecule has 2 fully saturated rings. The van der Waals surface area contributed by atoms with Crippen molar-refractivity contribution in [1.82, 2.24) is 19.9 Å². The Hall–Kier alpha value is -2.96. The zero-order valence-corrected chi connectivity index (χ0v) is 20.1. The van der Waals surface area contributed by atoms with Gasteiger partial charge in [0.1, 0.15) is 17.3 Å². The number of hydrogen-bond donors (Lipinski definition) is 3. The van der Waals surface area contributed by atoms with E-state index in [9.17, 15) is 9.18 Å². The number of esters is 1. The molecule has 4 aromatic rings. The first-order chi connectivity index (χ1) is 16.4. The molecular weight excluding hydrogens is 477 g/mol. The third-order valence-electron chi connectivity index (χ3n) is 6.73. The largest absolute Gasteiger partial charge is 0.464 e. The number of nitrogens with one attached hydrogen (secondary N) is 2. The van der Waals surface area contributed by atoms with Crippen molar-refractivity contribution < 1.29 is 13.9 Å². The van der Waals surface area contributed by atoms with Crippen molar-refractivity contribution >= 4 is 62.5 Å². The quantitative estimate of drug-likeness (QED) is 0.280. The van der Waals surface area contributed by atoms with Crippen LogP contribution in [0.15, 0.2) is 27.0 Å². The Morgan fingerprint density at radius 1 is 1.35 bits per heavy atom. The Kier molecular flexibility index (Phi) is 5.12. The lowest BCUT2D eigenvalue weighted by Crippen LogP contribution is -2.46. The number of benzene rings is 1. The smallest absolute Gasteiger partial charge is 0.357 e. The highest BCUT2D eigenvalue weighted by Crippen LogP contribution is 2.44. The number of carbonyl (C=O) groups is 1. The third-order valence-corrected chi connectivity index (χ3v) is 8.53. The van der Waals surface area contributed by atoms with Crippen LogP contribution in [0.4, 0.5) is 15.9 Å². The molecule has 34 heavy (non-hydrogen) atoms. The molecule has 3 atom stereocenters. The summed E-state index contributed by atoms with van der Waals surface area (Å²) in [6.07, 6.45) is 1.01. The predicted octanol–water partition coefficient (Wildman–Crippen LogP) is 3.47. The fraction of sp³-hybridized carbons (Fsp3) is 0.364. The van der Waals surface area contributed by atoms with Gasteiger partial charge in [0.25, 0.3) is 0 Å². The van der Waals surface area contributed by atoms with Gasteiger partial charge in [-0.05, 0) is 42.2 Å². The van der Waals surface area contributed by atoms with Crippen molar-refractivity contribution in [3.63, 3.8) is 0 Å². The number of aromatic nitrogens is 4. The Balaban J connectivity index is 1.48. The lowest BCUT2D eigenvalue weighted by molar-refractivity contribution is 0.0594. The van der Waals surface area contributed by atoms with Crippen LogP contribution >= 0.6 is 23.1 Å². The van der Waals surface area contributed by atoms with Gasteiger partial charge in [0.05, 0.1) is 23.7 Å². The van der Waals surface area contributed by atoms with Gasteiger partial charge in [0.15, 0.2) is 15.2 Å². The topological polar surface area (TPSA) is 122 Å². The molecule has 0 bridgehead atoms. The van der Waals surface area contributed by atoms with Gasteiger partial charge in [-0.1, -0.05) is 0 Å². The van der Waals surface area contributed by atoms with Gasteiger partial charge in [0, 0.05) is 36.9 Å². The maximum Gasteiger partial charge on any atom is 0.357 e. The van der Waals surface area contributed by atoms with E-state index < -0.39 is 5.97 Å². The molecule has 12 heteroatoms. The number of carbonyl (C=O) groups excluding carboxylic acids is 1. The first kappa shape index (κ1) is 21.6. The molecule has 3 aromatic heterocycles. The van der Waals surface area contributed by atoms with E-state index >= 15 is 0 Å². The number of methoxy groups -OCH3 is 1. The van der Waals surface area contributed by atoms with Crippen molar-refractivity contribution in [1.29, 1.82) is 0 Å². The molecule has 9 nitrogen and oxygen atoms in total. The van der Waals surface area contributed by atoms with Crippen molar-refractivity contribution in [2.45, 2.75) is 22.0 Å². The molecule has 3 unspecified atom stereocenters. The van der Waals surface area contributed by atoms with Crippen LogP contribution in [0.1, 0.15) is 16.9 Å². The molecule has 176 valence electrons. The molecular formula is C22H22FN7O2S2. The molecule has 2 aliphatic rings. The molecule has 1 aromatic carbocycles. The summed E-state index contributed by atoms with van der Waals surface area (Å²) in [4.78, 5) is 31.4. The standard InChI is InChI=1S/C22H22FN7O2S2/c1-25-14-5-10(23)4-11-16-18(27-17(11)14)28-21(34-22-26-15(8-33-22)20(31)32-2)29-19(16)30-6-9-3-13(24)12(9)7-30/h4-5,8-9,12-13,25H,3,6-7,24H2,1-2H3,(H,27,28,29). The number of thiazole rings is 1. The van der Waals surface area contributed by atoms with Crippen LogP contribution in [0, 0.1) is 17.7 Å². The molecule has 6 rings (SSSR count). The number of halogens is 1. The van der Waals surface area contributed by atoms with E-state index in [1.807, 2.05) is 0 Å². The van der Waals surface area contributed by atoms with Crippen molar-refractivity contribution in [2.24, 2.45) is 17.6 Å². The van der Waals surface area contributed by atoms with Gasteiger partial charge in [-0.25, -0.2) is 24.1 Å². The van der Waals surface area contributed by atoms with Crippen LogP contribution < -0.4 is 16.0 Å². The van der Waals surface area contributed by atoms with E-state index in [1.54, 1.807) is 12.4 Å². The second-order valence-electron chi connectivity index (χ2n) is 8.63. The van der Waals surface area contributed by atoms with E-state index in [2.05, 4.69) is 20.2 Å². The molecule has 4 heterocycles. The molecule has 1 saturated carbocycles. The van der Waals surface area contributed by atoms with Crippen LogP contribution in [-0.4, -0.2) is 59.2 Å². The maximum absolute atomic E-state index is 14.5. The normalized spacial score (nSPS) is 21.6. The van der Waals surface area contributed by atoms with Crippen molar-refractivity contribution in [3.8, 4) is 0 Å². The maximum atomic E-state index is 14.5. The summed E-state index contributed by atoms with van der Waals surface area (Å²) < 4.78 is 19.9. The predicted molar refractivity (Wildman–Crippen MR) is 130 cm³/mol. The second kappa shape index (κ2) is 8.07. The van der Waals surface area contributed by atoms with E-state index in [1.165, 1.54) is 42.3 Å². The SMILES string of the molecule is CNc1cc(F)cc2c1[nH]c1nc(Sc3nc(C(=O)OC)cs3)nc(N3CC4CC(N)C4C3)c12. The number of aromatic amines is 1. The fourth-order valence-corrected chi connectivity index (χ4v) is 6.65. The van der Waals surface area contributed by atoms with Crippen LogP contribution in [0.5, 0.6) is 0 Å². The molecule has 1 saturated heterocycles. The van der Waals surface area contributed by atoms with Crippen LogP contribution in [-0.2, 0) is 4.74 Å². The Morgan fingerprint density at radius 3 is 2.94 bits per heavy atom. The Labute approximate surface area is 202 Å². The summed E-state index contributed by atoms with van der Waals surface area (Å²) in [5.41, 5.74) is 8.54. The van der Waals surface area contributed by atoms with Crippen LogP contribution in [0.25, 0.3) is 21.9 Å². The lowest BCUT2D eigenvalue weighted by atomic mass is 9.72. The van der Waals surface area contributed by atoms with E-state index in [-0.39, 0.29) is 17.6 Å². The minimum Gasteiger partial charge on any atom is -0.464 e. The second-order valence-corrected chi connectivity index (χ2v) is 10.7. The minimum atomic E-state index is -0.485. The van der Waals surface area contributed by atoms with Crippen molar-refractivity contribution in [3.05, 3.63) is 29.0 Å². The minimum absolute atomic E-state index is 0.213. The highest BCUT2D eigenvalue weighted by molar-refractivity contribution is 8.00. The van der Waals surface area contributed by atoms with Crippen molar-refractivity contribution in [2.75, 3.05) is 37.5 Å². The number of H-pyrrole nitrogens is 1. The monoisotopic (exact) mass is 499 g/mol. The average Bonchev–Trinajstić information content (AvgIpc) is 3.52. The zero-order chi connectivity index (χ0) is 23.6. The molecule has 4 N–H and O–H groups in total. The number of anilines is 2. The number of nitrogens with two attached hydrogens (primary N) is 1.